The molecule has 2 aromatic rings. The molecule has 1 unspecified atom stereocenters. The molecule has 10 heteroatoms. The Bertz CT molecular complexity index is 1080. The number of imide groups is 1. The molecule has 0 spiro atoms. The number of nitrogens with one attached hydrogen (secondary N) is 3. The van der Waals surface area contributed by atoms with Gasteiger partial charge in [0.1, 0.15) is 0 Å². The van der Waals surface area contributed by atoms with Gasteiger partial charge in [0.25, 0.3) is 15.9 Å². The predicted molar refractivity (Wildman–Crippen MR) is 113 cm³/mol. The second-order valence-corrected chi connectivity index (χ2v) is 8.96. The third-order valence-electron chi connectivity index (χ3n) is 4.51. The van der Waals surface area contributed by atoms with Gasteiger partial charge >= 0.3 is 12.0 Å². The van der Waals surface area contributed by atoms with Crippen LogP contribution in [0.3, 0.4) is 0 Å². The SMILES string of the molecule is Cc1ccc(NS(=O)(=O)c2ccc(C(=O)OC(C)C(=O)NC(=O)NC3CC3)cc2)cc1. The molecule has 2 aromatic carbocycles. The van der Waals surface area contributed by atoms with Crippen molar-refractivity contribution in [2.75, 3.05) is 4.72 Å². The summed E-state index contributed by atoms with van der Waals surface area (Å²) < 4.78 is 32.5. The Hall–Kier alpha value is -3.40. The van der Waals surface area contributed by atoms with Crippen LogP contribution in [0.2, 0.25) is 0 Å². The highest BCUT2D eigenvalue weighted by Crippen LogP contribution is 2.19. The summed E-state index contributed by atoms with van der Waals surface area (Å²) in [5.74, 6) is -1.58. The van der Waals surface area contributed by atoms with Crippen molar-refractivity contribution >= 4 is 33.6 Å². The average molecular weight is 445 g/mol. The molecule has 3 amide bonds. The minimum absolute atomic E-state index is 0.0350. The molecule has 0 saturated heterocycles. The summed E-state index contributed by atoms with van der Waals surface area (Å²) in [7, 11) is -3.83. The highest BCUT2D eigenvalue weighted by molar-refractivity contribution is 7.92. The lowest BCUT2D eigenvalue weighted by Crippen LogP contribution is -2.45. The number of hydrogen-bond donors (Lipinski definition) is 3. The summed E-state index contributed by atoms with van der Waals surface area (Å²) in [6.45, 7) is 3.23. The van der Waals surface area contributed by atoms with Gasteiger partial charge in [0.15, 0.2) is 6.10 Å². The molecule has 0 aromatic heterocycles. The first-order chi connectivity index (χ1) is 14.6. The van der Waals surface area contributed by atoms with Gasteiger partial charge in [0.05, 0.1) is 10.5 Å². The zero-order valence-electron chi connectivity index (χ0n) is 17.0. The zero-order chi connectivity index (χ0) is 22.6. The summed E-state index contributed by atoms with van der Waals surface area (Å²) in [5.41, 5.74) is 1.48. The molecular weight excluding hydrogens is 422 g/mol. The summed E-state index contributed by atoms with van der Waals surface area (Å²) in [6, 6.07) is 11.4. The molecule has 1 aliphatic rings. The Morgan fingerprint density at radius 2 is 1.61 bits per heavy atom. The second kappa shape index (κ2) is 9.17. The van der Waals surface area contributed by atoms with Gasteiger partial charge in [0, 0.05) is 11.7 Å². The number of carbonyl (C=O) groups is 3. The topological polar surface area (TPSA) is 131 Å². The number of carbonyl (C=O) groups excluding carboxylic acids is 3. The fourth-order valence-corrected chi connectivity index (χ4v) is 3.61. The van der Waals surface area contributed by atoms with Crippen LogP contribution in [0.4, 0.5) is 10.5 Å². The molecule has 1 fully saturated rings. The Kier molecular flexibility index (Phi) is 6.59. The van der Waals surface area contributed by atoms with Gasteiger partial charge in [-0.2, -0.15) is 0 Å². The van der Waals surface area contributed by atoms with E-state index in [1.807, 2.05) is 6.92 Å². The Balaban J connectivity index is 1.57. The van der Waals surface area contributed by atoms with Gasteiger partial charge in [-0.3, -0.25) is 14.8 Å². The summed E-state index contributed by atoms with van der Waals surface area (Å²) in [4.78, 5) is 35.8. The number of aryl methyl sites for hydroxylation is 1. The second-order valence-electron chi connectivity index (χ2n) is 7.28. The van der Waals surface area contributed by atoms with E-state index in [4.69, 9.17) is 4.74 Å². The molecule has 164 valence electrons. The van der Waals surface area contributed by atoms with Crippen LogP contribution in [0.1, 0.15) is 35.7 Å². The van der Waals surface area contributed by atoms with Crippen molar-refractivity contribution in [2.45, 2.75) is 43.7 Å². The maximum atomic E-state index is 12.5. The van der Waals surface area contributed by atoms with E-state index in [9.17, 15) is 22.8 Å². The molecule has 3 rings (SSSR count). The number of hydrogen-bond acceptors (Lipinski definition) is 6. The minimum atomic E-state index is -3.83. The van der Waals surface area contributed by atoms with E-state index in [1.165, 1.54) is 31.2 Å². The van der Waals surface area contributed by atoms with Crippen LogP contribution in [-0.4, -0.2) is 38.5 Å². The lowest BCUT2D eigenvalue weighted by atomic mass is 10.2. The van der Waals surface area contributed by atoms with Crippen molar-refractivity contribution in [1.82, 2.24) is 10.6 Å². The Morgan fingerprint density at radius 1 is 1.00 bits per heavy atom. The summed E-state index contributed by atoms with van der Waals surface area (Å²) in [5, 5.41) is 4.70. The fourth-order valence-electron chi connectivity index (χ4n) is 2.55. The molecular formula is C21H23N3O6S. The molecule has 9 nitrogen and oxygen atoms in total. The number of anilines is 1. The first-order valence-electron chi connectivity index (χ1n) is 9.66. The van der Waals surface area contributed by atoms with Crippen LogP contribution < -0.4 is 15.4 Å². The molecule has 31 heavy (non-hydrogen) atoms. The van der Waals surface area contributed by atoms with Gasteiger partial charge in [-0.05, 0) is 63.1 Å². The lowest BCUT2D eigenvalue weighted by Gasteiger charge is -2.13. The predicted octanol–water partition coefficient (Wildman–Crippen LogP) is 2.33. The number of amides is 3. The first kappa shape index (κ1) is 22.3. The fraction of sp³-hybridized carbons (Fsp3) is 0.286. The van der Waals surface area contributed by atoms with Crippen LogP contribution in [0.15, 0.2) is 53.4 Å². The molecule has 0 heterocycles. The standard InChI is InChI=1S/C21H23N3O6S/c1-13-3-7-17(8-4-13)24-31(28,29)18-11-5-15(6-12-18)20(26)30-14(2)19(25)23-21(27)22-16-9-10-16/h3-8,11-12,14,16,24H,9-10H2,1-2H3,(H2,22,23,25,27). The van der Waals surface area contributed by atoms with Crippen molar-refractivity contribution in [3.8, 4) is 0 Å². The largest absolute Gasteiger partial charge is 0.449 e. The maximum Gasteiger partial charge on any atom is 0.338 e. The van der Waals surface area contributed by atoms with Crippen molar-refractivity contribution < 1.29 is 27.5 Å². The van der Waals surface area contributed by atoms with E-state index in [-0.39, 0.29) is 16.5 Å². The minimum Gasteiger partial charge on any atom is -0.449 e. The van der Waals surface area contributed by atoms with Crippen LogP contribution in [0.5, 0.6) is 0 Å². The van der Waals surface area contributed by atoms with Crippen molar-refractivity contribution in [2.24, 2.45) is 0 Å². The molecule has 0 bridgehead atoms. The lowest BCUT2D eigenvalue weighted by molar-refractivity contribution is -0.127. The summed E-state index contributed by atoms with van der Waals surface area (Å²) in [6.07, 6.45) is 0.542. The number of benzene rings is 2. The zero-order valence-corrected chi connectivity index (χ0v) is 17.9. The van der Waals surface area contributed by atoms with Gasteiger partial charge in [-0.1, -0.05) is 17.7 Å². The number of ether oxygens (including phenoxy) is 1. The van der Waals surface area contributed by atoms with E-state index in [0.29, 0.717) is 5.69 Å². The highest BCUT2D eigenvalue weighted by Gasteiger charge is 2.26. The number of rotatable bonds is 7. The van der Waals surface area contributed by atoms with E-state index in [1.54, 1.807) is 24.3 Å². The highest BCUT2D eigenvalue weighted by atomic mass is 32.2. The van der Waals surface area contributed by atoms with Gasteiger partial charge < -0.3 is 10.1 Å². The van der Waals surface area contributed by atoms with Gasteiger partial charge in [-0.15, -0.1) is 0 Å². The molecule has 0 aliphatic heterocycles. The van der Waals surface area contributed by atoms with Crippen LogP contribution in [0.25, 0.3) is 0 Å². The van der Waals surface area contributed by atoms with Crippen molar-refractivity contribution in [3.05, 3.63) is 59.7 Å². The monoisotopic (exact) mass is 445 g/mol. The maximum absolute atomic E-state index is 12.5. The van der Waals surface area contributed by atoms with Crippen LogP contribution >= 0.6 is 0 Å². The van der Waals surface area contributed by atoms with E-state index >= 15 is 0 Å². The van der Waals surface area contributed by atoms with E-state index < -0.39 is 34.0 Å². The number of urea groups is 1. The van der Waals surface area contributed by atoms with Gasteiger partial charge in [-0.25, -0.2) is 18.0 Å². The Labute approximate surface area is 180 Å². The van der Waals surface area contributed by atoms with E-state index in [2.05, 4.69) is 15.4 Å². The normalized spacial score (nSPS) is 14.3. The third-order valence-corrected chi connectivity index (χ3v) is 5.90. The molecule has 1 atom stereocenters. The quantitative estimate of drug-likeness (QED) is 0.561. The first-order valence-corrected chi connectivity index (χ1v) is 11.1. The van der Waals surface area contributed by atoms with E-state index in [0.717, 1.165) is 18.4 Å². The molecule has 3 N–H and O–H groups in total. The van der Waals surface area contributed by atoms with Gasteiger partial charge in [0.2, 0.25) is 0 Å². The smallest absolute Gasteiger partial charge is 0.338 e. The van der Waals surface area contributed by atoms with Crippen LogP contribution in [-0.2, 0) is 19.6 Å². The summed E-state index contributed by atoms with van der Waals surface area (Å²) >= 11 is 0. The van der Waals surface area contributed by atoms with Crippen LogP contribution in [0, 0.1) is 6.92 Å². The molecule has 1 saturated carbocycles. The number of sulfonamides is 1. The Morgan fingerprint density at radius 3 is 2.19 bits per heavy atom. The average Bonchev–Trinajstić information content (AvgIpc) is 3.53. The van der Waals surface area contributed by atoms with Crippen molar-refractivity contribution in [1.29, 1.82) is 0 Å². The molecule has 0 radical (unpaired) electrons. The van der Waals surface area contributed by atoms with Crippen molar-refractivity contribution in [3.63, 3.8) is 0 Å². The third kappa shape index (κ3) is 6.29. The molecule has 1 aliphatic carbocycles. The number of esters is 1.